The number of carbonyl (C=O) groups is 1. The Morgan fingerprint density at radius 1 is 1.29 bits per heavy atom. The monoisotopic (exact) mass is 418 g/mol. The van der Waals surface area contributed by atoms with Crippen LogP contribution in [0.15, 0.2) is 18.2 Å². The lowest BCUT2D eigenvalue weighted by molar-refractivity contribution is -0.163. The molecule has 1 aromatic rings. The minimum absolute atomic E-state index is 0.128. The van der Waals surface area contributed by atoms with Gasteiger partial charge in [0.15, 0.2) is 0 Å². The van der Waals surface area contributed by atoms with Crippen molar-refractivity contribution in [2.24, 2.45) is 16.7 Å². The second-order valence-corrected chi connectivity index (χ2v) is 11.1. The maximum absolute atomic E-state index is 13.5. The number of nitrogens with zero attached hydrogens (tertiary/aromatic N) is 2. The van der Waals surface area contributed by atoms with Crippen LogP contribution in [0.2, 0.25) is 0 Å². The summed E-state index contributed by atoms with van der Waals surface area (Å²) in [7, 11) is 1.91. The molecule has 4 bridgehead atoms. The fourth-order valence-corrected chi connectivity index (χ4v) is 7.22. The molecule has 5 nitrogen and oxygen atoms in total. The molecule has 3 aliphatic carbocycles. The lowest BCUT2D eigenvalue weighted by Gasteiger charge is -2.63. The number of rotatable bonds is 6. The first-order valence-corrected chi connectivity index (χ1v) is 11.9. The summed E-state index contributed by atoms with van der Waals surface area (Å²) in [5, 5.41) is 22.1. The van der Waals surface area contributed by atoms with Gasteiger partial charge in [0.1, 0.15) is 0 Å². The maximum Gasteiger partial charge on any atom is 0.223 e. The van der Waals surface area contributed by atoms with Crippen molar-refractivity contribution in [2.75, 3.05) is 12.4 Å². The van der Waals surface area contributed by atoms with Crippen molar-refractivity contribution in [2.45, 2.75) is 83.2 Å². The highest BCUT2D eigenvalue weighted by molar-refractivity contribution is 6.07. The molecule has 5 heteroatoms. The summed E-state index contributed by atoms with van der Waals surface area (Å²) in [5.74, 6) is 0.609. The molecule has 5 aliphatic rings. The number of hydrogen-bond donors (Lipinski definition) is 2. The Hall–Kier alpha value is -2.35. The molecule has 6 rings (SSSR count). The third-order valence-corrected chi connectivity index (χ3v) is 8.41. The third kappa shape index (κ3) is 3.35. The molecule has 0 spiro atoms. The smallest absolute Gasteiger partial charge is 0.223 e. The largest absolute Gasteiger partial charge is 0.388 e. The minimum Gasteiger partial charge on any atom is -0.388 e. The summed E-state index contributed by atoms with van der Waals surface area (Å²) in [5.41, 5.74) is 3.82. The average Bonchev–Trinajstić information content (AvgIpc) is 3.56. The van der Waals surface area contributed by atoms with Gasteiger partial charge in [-0.25, -0.2) is 0 Å². The van der Waals surface area contributed by atoms with Gasteiger partial charge < -0.3 is 15.6 Å². The summed E-state index contributed by atoms with van der Waals surface area (Å²) in [6.45, 7) is 4.34. The molecule has 2 N–H and O–H groups in total. The van der Waals surface area contributed by atoms with Gasteiger partial charge in [-0.2, -0.15) is 5.26 Å². The molecule has 5 fully saturated rings. The molecule has 2 aliphatic heterocycles. The van der Waals surface area contributed by atoms with Gasteiger partial charge >= 0.3 is 0 Å². The lowest BCUT2D eigenvalue weighted by Crippen LogP contribution is -2.65. The summed E-state index contributed by atoms with van der Waals surface area (Å²) in [6, 6.07) is 9.29. The van der Waals surface area contributed by atoms with Crippen molar-refractivity contribution in [1.82, 2.24) is 4.90 Å². The first-order chi connectivity index (χ1) is 14.8. The van der Waals surface area contributed by atoms with Crippen molar-refractivity contribution in [3.8, 4) is 6.07 Å². The van der Waals surface area contributed by atoms with Gasteiger partial charge in [-0.05, 0) is 67.9 Å². The van der Waals surface area contributed by atoms with E-state index in [0.717, 1.165) is 43.4 Å². The third-order valence-electron chi connectivity index (χ3n) is 8.41. The van der Waals surface area contributed by atoms with Gasteiger partial charge in [0.05, 0.1) is 11.5 Å². The van der Waals surface area contributed by atoms with Gasteiger partial charge in [-0.1, -0.05) is 26.0 Å². The van der Waals surface area contributed by atoms with Gasteiger partial charge in [-0.3, -0.25) is 4.79 Å². The molecule has 3 unspecified atom stereocenters. The highest BCUT2D eigenvalue weighted by Crippen LogP contribution is 2.61. The highest BCUT2D eigenvalue weighted by Gasteiger charge is 2.60. The van der Waals surface area contributed by atoms with E-state index < -0.39 is 0 Å². The molecule has 2 saturated heterocycles. The number of nitriles is 1. The van der Waals surface area contributed by atoms with Crippen molar-refractivity contribution in [3.63, 3.8) is 0 Å². The Balaban J connectivity index is 1.34. The van der Waals surface area contributed by atoms with Crippen LogP contribution in [0.4, 0.5) is 5.69 Å². The van der Waals surface area contributed by atoms with Crippen LogP contribution in [0.3, 0.4) is 0 Å². The normalized spacial score (nSPS) is 34.3. The zero-order valence-electron chi connectivity index (χ0n) is 19.0. The number of nitrogens with one attached hydrogen (secondary N) is 2. The Labute approximate surface area is 185 Å². The second-order valence-electron chi connectivity index (χ2n) is 11.1. The van der Waals surface area contributed by atoms with E-state index >= 15 is 0 Å². The van der Waals surface area contributed by atoms with Crippen LogP contribution in [0.1, 0.15) is 82.3 Å². The molecule has 0 radical (unpaired) electrons. The van der Waals surface area contributed by atoms with Gasteiger partial charge in [0.2, 0.25) is 5.91 Å². The lowest BCUT2D eigenvalue weighted by atomic mass is 9.50. The Morgan fingerprint density at radius 3 is 2.55 bits per heavy atom. The van der Waals surface area contributed by atoms with Crippen LogP contribution in [-0.4, -0.2) is 35.7 Å². The van der Waals surface area contributed by atoms with Crippen LogP contribution in [-0.2, 0) is 4.79 Å². The van der Waals surface area contributed by atoms with Gasteiger partial charge in [0.25, 0.3) is 0 Å². The van der Waals surface area contributed by atoms with Gasteiger partial charge in [-0.15, -0.1) is 0 Å². The first-order valence-electron chi connectivity index (χ1n) is 11.9. The predicted octanol–water partition coefficient (Wildman–Crippen LogP) is 5.07. The quantitative estimate of drug-likeness (QED) is 0.633. The molecule has 1 aromatic carbocycles. The number of anilines is 1. The van der Waals surface area contributed by atoms with Crippen LogP contribution in [0.25, 0.3) is 0 Å². The number of benzene rings is 1. The van der Waals surface area contributed by atoms with Crippen molar-refractivity contribution in [1.29, 1.82) is 10.7 Å². The summed E-state index contributed by atoms with van der Waals surface area (Å²) in [4.78, 5) is 15.6. The summed E-state index contributed by atoms with van der Waals surface area (Å²) >= 11 is 0. The number of amides is 1. The molecule has 3 atom stereocenters. The molecular weight excluding hydrogens is 384 g/mol. The zero-order chi connectivity index (χ0) is 22.0. The number of piperidine rings is 2. The van der Waals surface area contributed by atoms with E-state index in [1.807, 2.05) is 20.0 Å². The Morgan fingerprint density at radius 2 is 1.97 bits per heavy atom. The van der Waals surface area contributed by atoms with Crippen LogP contribution < -0.4 is 5.32 Å². The molecule has 2 heterocycles. The SMILES string of the molecule is CNc1cccc(C2CC2)c1C(=N)C(C)CC(=O)N1C2CC3(C)CC1CC(C#N)(C2)C3. The molecule has 3 saturated carbocycles. The van der Waals surface area contributed by atoms with E-state index in [1.54, 1.807) is 0 Å². The average molecular weight is 419 g/mol. The van der Waals surface area contributed by atoms with Crippen LogP contribution in [0.5, 0.6) is 0 Å². The van der Waals surface area contributed by atoms with E-state index in [1.165, 1.54) is 18.4 Å². The van der Waals surface area contributed by atoms with Crippen molar-refractivity contribution >= 4 is 17.3 Å². The molecule has 1 amide bonds. The van der Waals surface area contributed by atoms with E-state index in [2.05, 4.69) is 35.3 Å². The van der Waals surface area contributed by atoms with Gasteiger partial charge in [0, 0.05) is 48.4 Å². The Bertz CT molecular complexity index is 956. The summed E-state index contributed by atoms with van der Waals surface area (Å²) < 4.78 is 0. The zero-order valence-corrected chi connectivity index (χ0v) is 19.0. The van der Waals surface area contributed by atoms with Crippen molar-refractivity contribution in [3.05, 3.63) is 29.3 Å². The fraction of sp³-hybridized carbons (Fsp3) is 0.654. The van der Waals surface area contributed by atoms with E-state index in [0.29, 0.717) is 18.1 Å². The standard InChI is InChI=1S/C26H34N4O/c1-16(24(28)23-20(17-7-8-17)5-4-6-21(23)29-3)9-22(31)30-18-10-25(2)11-19(30)13-26(12-18,14-25)15-27/h4-6,16-19,28-29H,7-14H2,1-3H3. The molecule has 164 valence electrons. The topological polar surface area (TPSA) is 80.0 Å². The van der Waals surface area contributed by atoms with Crippen LogP contribution in [0, 0.1) is 33.5 Å². The fourth-order valence-electron chi connectivity index (χ4n) is 7.22. The molecular formula is C26H34N4O. The number of hydrogen-bond acceptors (Lipinski definition) is 4. The predicted molar refractivity (Wildman–Crippen MR) is 122 cm³/mol. The number of carbonyl (C=O) groups excluding carboxylic acids is 1. The first kappa shape index (κ1) is 20.5. The van der Waals surface area contributed by atoms with E-state index in [4.69, 9.17) is 5.41 Å². The van der Waals surface area contributed by atoms with Crippen LogP contribution >= 0.6 is 0 Å². The Kier molecular flexibility index (Phi) is 4.70. The highest BCUT2D eigenvalue weighted by atomic mass is 16.2. The summed E-state index contributed by atoms with van der Waals surface area (Å²) in [6.07, 6.45) is 7.48. The molecule has 31 heavy (non-hydrogen) atoms. The van der Waals surface area contributed by atoms with E-state index in [-0.39, 0.29) is 34.7 Å². The van der Waals surface area contributed by atoms with E-state index in [9.17, 15) is 10.1 Å². The minimum atomic E-state index is -0.222. The van der Waals surface area contributed by atoms with Crippen molar-refractivity contribution < 1.29 is 4.79 Å². The maximum atomic E-state index is 13.5. The molecule has 0 aromatic heterocycles. The second kappa shape index (κ2) is 7.08.